The van der Waals surface area contributed by atoms with E-state index in [0.717, 1.165) is 52.1 Å². The molecule has 2 saturated heterocycles. The van der Waals surface area contributed by atoms with E-state index in [1.54, 1.807) is 0 Å². The summed E-state index contributed by atoms with van der Waals surface area (Å²) in [4.78, 5) is 15.0. The van der Waals surface area contributed by atoms with Crippen LogP contribution in [0.5, 0.6) is 0 Å². The third-order valence-corrected chi connectivity index (χ3v) is 5.69. The molecule has 2 fully saturated rings. The van der Waals surface area contributed by atoms with Crippen LogP contribution in [-0.4, -0.2) is 49.7 Å². The van der Waals surface area contributed by atoms with Crippen molar-refractivity contribution in [2.75, 3.05) is 32.8 Å². The Bertz CT molecular complexity index is 520. The highest BCUT2D eigenvalue weighted by molar-refractivity contribution is 5.77. The Labute approximate surface area is 151 Å². The van der Waals surface area contributed by atoms with Crippen molar-refractivity contribution in [1.29, 1.82) is 0 Å². The number of nitrogens with one attached hydrogen (secondary N) is 1. The Morgan fingerprint density at radius 1 is 1.24 bits per heavy atom. The van der Waals surface area contributed by atoms with Gasteiger partial charge in [-0.25, -0.2) is 0 Å². The molecule has 1 amide bonds. The Kier molecular flexibility index (Phi) is 6.88. The molecule has 4 heteroatoms. The molecule has 4 nitrogen and oxygen atoms in total. The van der Waals surface area contributed by atoms with E-state index in [1.165, 1.54) is 12.0 Å². The summed E-state index contributed by atoms with van der Waals surface area (Å²) in [5.41, 5.74) is 1.27. The second kappa shape index (κ2) is 9.35. The summed E-state index contributed by atoms with van der Waals surface area (Å²) in [6.07, 6.45) is 4.94. The van der Waals surface area contributed by atoms with Crippen molar-refractivity contribution >= 4 is 5.91 Å². The van der Waals surface area contributed by atoms with Gasteiger partial charge in [0.25, 0.3) is 0 Å². The largest absolute Gasteiger partial charge is 0.381 e. The van der Waals surface area contributed by atoms with Crippen LogP contribution in [0.15, 0.2) is 30.3 Å². The monoisotopic (exact) mass is 344 g/mol. The summed E-state index contributed by atoms with van der Waals surface area (Å²) in [7, 11) is 0. The zero-order valence-electron chi connectivity index (χ0n) is 15.5. The molecule has 0 aliphatic carbocycles. The number of carbonyl (C=O) groups is 1. The molecular weight excluding hydrogens is 312 g/mol. The fourth-order valence-corrected chi connectivity index (χ4v) is 4.09. The molecule has 1 N–H and O–H groups in total. The van der Waals surface area contributed by atoms with Gasteiger partial charge in [-0.05, 0) is 43.1 Å². The molecule has 2 heterocycles. The Hall–Kier alpha value is -1.39. The van der Waals surface area contributed by atoms with Crippen LogP contribution in [-0.2, 0) is 9.53 Å². The normalized spacial score (nSPS) is 23.5. The quantitative estimate of drug-likeness (QED) is 0.826. The Morgan fingerprint density at radius 3 is 2.64 bits per heavy atom. The number of benzene rings is 1. The van der Waals surface area contributed by atoms with Crippen molar-refractivity contribution < 1.29 is 9.53 Å². The lowest BCUT2D eigenvalue weighted by Crippen LogP contribution is -2.46. The van der Waals surface area contributed by atoms with Gasteiger partial charge < -0.3 is 15.0 Å². The Morgan fingerprint density at radius 2 is 2.00 bits per heavy atom. The standard InChI is InChI=1S/C21H32N2O2/c1-2-18(19-6-4-3-5-7-19)14-21(24)22-20-8-11-23(12-9-20)15-17-10-13-25-16-17/h3-7,17-18,20H,2,8-16H2,1H3,(H,22,24)/t17-,18+/m0/s1. The zero-order chi connectivity index (χ0) is 17.5. The first-order chi connectivity index (χ1) is 12.2. The molecular formula is C21H32N2O2. The summed E-state index contributed by atoms with van der Waals surface area (Å²) in [6, 6.07) is 10.8. The predicted octanol–water partition coefficient (Wildman–Crippen LogP) is 3.19. The predicted molar refractivity (Wildman–Crippen MR) is 101 cm³/mol. The highest BCUT2D eigenvalue weighted by Crippen LogP contribution is 2.23. The number of hydrogen-bond acceptors (Lipinski definition) is 3. The third-order valence-electron chi connectivity index (χ3n) is 5.69. The molecule has 0 spiro atoms. The maximum absolute atomic E-state index is 12.5. The average Bonchev–Trinajstić information content (AvgIpc) is 3.15. The van der Waals surface area contributed by atoms with Crippen LogP contribution in [0.2, 0.25) is 0 Å². The fraction of sp³-hybridized carbons (Fsp3) is 0.667. The first kappa shape index (κ1) is 18.4. The highest BCUT2D eigenvalue weighted by Gasteiger charge is 2.25. The number of rotatable bonds is 7. The van der Waals surface area contributed by atoms with Crippen molar-refractivity contribution in [2.45, 2.75) is 51.0 Å². The maximum Gasteiger partial charge on any atom is 0.220 e. The lowest BCUT2D eigenvalue weighted by molar-refractivity contribution is -0.122. The van der Waals surface area contributed by atoms with Crippen LogP contribution in [0.1, 0.15) is 50.5 Å². The van der Waals surface area contributed by atoms with Crippen LogP contribution in [0.3, 0.4) is 0 Å². The number of ether oxygens (including phenoxy) is 1. The minimum absolute atomic E-state index is 0.207. The minimum Gasteiger partial charge on any atom is -0.381 e. The lowest BCUT2D eigenvalue weighted by atomic mass is 9.92. The van der Waals surface area contributed by atoms with Crippen LogP contribution >= 0.6 is 0 Å². The van der Waals surface area contributed by atoms with Crippen LogP contribution in [0.25, 0.3) is 0 Å². The SMILES string of the molecule is CC[C@H](CC(=O)NC1CCN(C[C@@H]2CCOC2)CC1)c1ccccc1. The molecule has 25 heavy (non-hydrogen) atoms. The van der Waals surface area contributed by atoms with E-state index in [-0.39, 0.29) is 5.91 Å². The third kappa shape index (κ3) is 5.55. The van der Waals surface area contributed by atoms with Gasteiger partial charge >= 0.3 is 0 Å². The number of likely N-dealkylation sites (tertiary alicyclic amines) is 1. The van der Waals surface area contributed by atoms with Gasteiger partial charge in [-0.15, -0.1) is 0 Å². The summed E-state index contributed by atoms with van der Waals surface area (Å²) in [5, 5.41) is 3.28. The van der Waals surface area contributed by atoms with Gasteiger partial charge in [-0.3, -0.25) is 4.79 Å². The minimum atomic E-state index is 0.207. The zero-order valence-corrected chi connectivity index (χ0v) is 15.5. The topological polar surface area (TPSA) is 41.6 Å². The van der Waals surface area contributed by atoms with Gasteiger partial charge in [0.2, 0.25) is 5.91 Å². The van der Waals surface area contributed by atoms with Crippen LogP contribution in [0, 0.1) is 5.92 Å². The van der Waals surface area contributed by atoms with Gasteiger partial charge in [0.15, 0.2) is 0 Å². The van der Waals surface area contributed by atoms with E-state index in [4.69, 9.17) is 4.74 Å². The fourth-order valence-electron chi connectivity index (χ4n) is 4.09. The van der Waals surface area contributed by atoms with Crippen LogP contribution < -0.4 is 5.32 Å². The van der Waals surface area contributed by atoms with Crippen molar-refractivity contribution in [1.82, 2.24) is 10.2 Å². The molecule has 1 aromatic rings. The van der Waals surface area contributed by atoms with Crippen LogP contribution in [0.4, 0.5) is 0 Å². The first-order valence-electron chi connectivity index (χ1n) is 9.89. The van der Waals surface area contributed by atoms with Crippen molar-refractivity contribution in [3.05, 3.63) is 35.9 Å². The number of nitrogens with zero attached hydrogens (tertiary/aromatic N) is 1. The van der Waals surface area contributed by atoms with Crippen molar-refractivity contribution in [3.63, 3.8) is 0 Å². The number of piperidine rings is 1. The molecule has 0 bridgehead atoms. The number of hydrogen-bond donors (Lipinski definition) is 1. The van der Waals surface area contributed by atoms with E-state index in [0.29, 0.717) is 24.3 Å². The Balaban J connectivity index is 1.39. The van der Waals surface area contributed by atoms with Gasteiger partial charge in [0.1, 0.15) is 0 Å². The molecule has 0 unspecified atom stereocenters. The number of carbonyl (C=O) groups excluding carboxylic acids is 1. The number of amides is 1. The molecule has 3 rings (SSSR count). The molecule has 0 saturated carbocycles. The van der Waals surface area contributed by atoms with E-state index in [9.17, 15) is 4.79 Å². The summed E-state index contributed by atoms with van der Waals surface area (Å²) >= 11 is 0. The molecule has 0 aromatic heterocycles. The average molecular weight is 344 g/mol. The molecule has 2 aliphatic rings. The molecule has 0 radical (unpaired) electrons. The smallest absolute Gasteiger partial charge is 0.220 e. The van der Waals surface area contributed by atoms with Gasteiger partial charge in [-0.2, -0.15) is 0 Å². The van der Waals surface area contributed by atoms with E-state index >= 15 is 0 Å². The van der Waals surface area contributed by atoms with Gasteiger partial charge in [-0.1, -0.05) is 37.3 Å². The van der Waals surface area contributed by atoms with Gasteiger partial charge in [0.05, 0.1) is 6.61 Å². The first-order valence-corrected chi connectivity index (χ1v) is 9.89. The maximum atomic E-state index is 12.5. The second-order valence-electron chi connectivity index (χ2n) is 7.59. The second-order valence-corrected chi connectivity index (χ2v) is 7.59. The molecule has 1 aromatic carbocycles. The van der Waals surface area contributed by atoms with E-state index in [2.05, 4.69) is 41.4 Å². The summed E-state index contributed by atoms with van der Waals surface area (Å²) in [5.74, 6) is 1.24. The van der Waals surface area contributed by atoms with Crippen molar-refractivity contribution in [3.8, 4) is 0 Å². The molecule has 2 aliphatic heterocycles. The lowest BCUT2D eigenvalue weighted by Gasteiger charge is -2.33. The van der Waals surface area contributed by atoms with E-state index < -0.39 is 0 Å². The highest BCUT2D eigenvalue weighted by atomic mass is 16.5. The molecule has 2 atom stereocenters. The van der Waals surface area contributed by atoms with Crippen molar-refractivity contribution in [2.24, 2.45) is 5.92 Å². The summed E-state index contributed by atoms with van der Waals surface area (Å²) < 4.78 is 5.47. The van der Waals surface area contributed by atoms with Gasteiger partial charge in [0, 0.05) is 38.7 Å². The van der Waals surface area contributed by atoms with E-state index in [1.807, 2.05) is 6.07 Å². The summed E-state index contributed by atoms with van der Waals surface area (Å²) in [6.45, 7) is 7.36. The molecule has 138 valence electrons.